The molecule has 1 rings (SSSR count). The fourth-order valence-electron chi connectivity index (χ4n) is 0.507. The highest BCUT2D eigenvalue weighted by molar-refractivity contribution is 9.10. The molecule has 3 nitrogen and oxygen atoms in total. The molecule has 0 spiro atoms. The van der Waals surface area contributed by atoms with E-state index in [4.69, 9.17) is 5.26 Å². The Morgan fingerprint density at radius 3 is 2.90 bits per heavy atom. The van der Waals surface area contributed by atoms with Crippen LogP contribution >= 0.6 is 15.9 Å². The molecule has 0 bridgehead atoms. The maximum atomic E-state index is 8.18. The Labute approximate surface area is 66.8 Å². The monoisotopic (exact) mass is 197 g/mol. The van der Waals surface area contributed by atoms with Gasteiger partial charge in [-0.25, -0.2) is 4.98 Å². The second-order valence-corrected chi connectivity index (χ2v) is 2.51. The van der Waals surface area contributed by atoms with Gasteiger partial charge in [-0.05, 0) is 28.1 Å². The topological polar surface area (TPSA) is 48.7 Å². The largest absolute Gasteiger partial charge is 0.277 e. The third-order valence-electron chi connectivity index (χ3n) is 0.911. The van der Waals surface area contributed by atoms with E-state index in [9.17, 15) is 0 Å². The molecule has 0 unspecified atom stereocenters. The molecule has 0 aliphatic carbocycles. The van der Waals surface area contributed by atoms with E-state index >= 15 is 0 Å². The Morgan fingerprint density at radius 2 is 2.40 bits per heavy atom. The summed E-state index contributed by atoms with van der Waals surface area (Å²) in [5.41, 5.74) is 0. The van der Waals surface area contributed by atoms with Crippen LogP contribution in [-0.4, -0.2) is 4.98 Å². The van der Waals surface area contributed by atoms with Crippen molar-refractivity contribution < 1.29 is 0 Å². The smallest absolute Gasteiger partial charge is 0.182 e. The number of aromatic nitrogens is 1. The first kappa shape index (κ1) is 7.03. The maximum Gasteiger partial charge on any atom is 0.182 e. The average Bonchev–Trinajstić information content (AvgIpc) is 1.95. The Balaban J connectivity index is 2.81. The Hall–Kier alpha value is -1.08. The molecular formula is C6H4BrN3. The summed E-state index contributed by atoms with van der Waals surface area (Å²) in [5.74, 6) is 0.561. The molecule has 10 heavy (non-hydrogen) atoms. The van der Waals surface area contributed by atoms with Gasteiger partial charge in [-0.1, -0.05) is 0 Å². The van der Waals surface area contributed by atoms with Crippen LogP contribution in [0, 0.1) is 11.5 Å². The van der Waals surface area contributed by atoms with Crippen molar-refractivity contribution in [3.8, 4) is 6.19 Å². The van der Waals surface area contributed by atoms with Crippen LogP contribution in [0.4, 0.5) is 5.82 Å². The van der Waals surface area contributed by atoms with Crippen LogP contribution in [0.15, 0.2) is 22.8 Å². The molecule has 4 heteroatoms. The Bertz CT molecular complexity index is 249. The molecule has 0 aromatic carbocycles. The standard InChI is InChI=1S/C6H4BrN3/c7-5-1-2-6(9-3-5)10-4-8/h1-3H,(H,9,10). The van der Waals surface area contributed by atoms with E-state index in [0.29, 0.717) is 5.82 Å². The third-order valence-corrected chi connectivity index (χ3v) is 1.38. The third kappa shape index (κ3) is 1.71. The van der Waals surface area contributed by atoms with Gasteiger partial charge in [-0.3, -0.25) is 5.32 Å². The van der Waals surface area contributed by atoms with Crippen LogP contribution in [-0.2, 0) is 0 Å². The summed E-state index contributed by atoms with van der Waals surface area (Å²) in [5, 5.41) is 10.6. The van der Waals surface area contributed by atoms with Crippen molar-refractivity contribution in [3.05, 3.63) is 22.8 Å². The van der Waals surface area contributed by atoms with Gasteiger partial charge in [-0.15, -0.1) is 0 Å². The molecule has 0 saturated carbocycles. The summed E-state index contributed by atoms with van der Waals surface area (Å²) in [7, 11) is 0. The molecule has 1 aromatic heterocycles. The zero-order valence-corrected chi connectivity index (χ0v) is 6.59. The van der Waals surface area contributed by atoms with Crippen molar-refractivity contribution >= 4 is 21.7 Å². The normalized spacial score (nSPS) is 8.40. The number of hydrogen-bond donors (Lipinski definition) is 1. The van der Waals surface area contributed by atoms with Gasteiger partial charge in [0, 0.05) is 10.7 Å². The second-order valence-electron chi connectivity index (χ2n) is 1.60. The van der Waals surface area contributed by atoms with Crippen molar-refractivity contribution in [2.45, 2.75) is 0 Å². The van der Waals surface area contributed by atoms with Gasteiger partial charge in [0.05, 0.1) is 0 Å². The summed E-state index contributed by atoms with van der Waals surface area (Å²) in [6, 6.07) is 3.53. The van der Waals surface area contributed by atoms with Crippen LogP contribution in [0.3, 0.4) is 0 Å². The van der Waals surface area contributed by atoms with Crippen molar-refractivity contribution in [1.29, 1.82) is 5.26 Å². The van der Waals surface area contributed by atoms with Crippen LogP contribution in [0.1, 0.15) is 0 Å². The van der Waals surface area contributed by atoms with E-state index in [2.05, 4.69) is 26.2 Å². The molecule has 0 aliphatic heterocycles. The number of halogens is 1. The minimum absolute atomic E-state index is 0.561. The predicted molar refractivity (Wildman–Crippen MR) is 41.2 cm³/mol. The van der Waals surface area contributed by atoms with E-state index < -0.39 is 0 Å². The Morgan fingerprint density at radius 1 is 1.60 bits per heavy atom. The van der Waals surface area contributed by atoms with Crippen LogP contribution < -0.4 is 5.32 Å². The number of pyridine rings is 1. The zero-order chi connectivity index (χ0) is 7.40. The second kappa shape index (κ2) is 3.18. The predicted octanol–water partition coefficient (Wildman–Crippen LogP) is 1.74. The molecule has 0 atom stereocenters. The van der Waals surface area contributed by atoms with Gasteiger partial charge >= 0.3 is 0 Å². The molecule has 1 N–H and O–H groups in total. The van der Waals surface area contributed by atoms with Gasteiger partial charge in [-0.2, -0.15) is 5.26 Å². The molecule has 0 fully saturated rings. The first-order valence-electron chi connectivity index (χ1n) is 2.59. The van der Waals surface area contributed by atoms with E-state index in [0.717, 1.165) is 4.47 Å². The van der Waals surface area contributed by atoms with Gasteiger partial charge < -0.3 is 0 Å². The summed E-state index contributed by atoms with van der Waals surface area (Å²) in [6.07, 6.45) is 3.40. The average molecular weight is 198 g/mol. The van der Waals surface area contributed by atoms with Crippen molar-refractivity contribution in [2.75, 3.05) is 5.32 Å². The number of nitrogens with zero attached hydrogens (tertiary/aromatic N) is 2. The minimum Gasteiger partial charge on any atom is -0.277 e. The number of hydrogen-bond acceptors (Lipinski definition) is 3. The molecule has 1 aromatic rings. The fraction of sp³-hybridized carbons (Fsp3) is 0. The molecule has 50 valence electrons. The zero-order valence-electron chi connectivity index (χ0n) is 5.00. The molecule has 0 saturated heterocycles. The van der Waals surface area contributed by atoms with Gasteiger partial charge in [0.25, 0.3) is 0 Å². The van der Waals surface area contributed by atoms with Crippen molar-refractivity contribution in [2.24, 2.45) is 0 Å². The Kier molecular flexibility index (Phi) is 2.24. The van der Waals surface area contributed by atoms with E-state index in [-0.39, 0.29) is 0 Å². The lowest BCUT2D eigenvalue weighted by Gasteiger charge is -1.93. The van der Waals surface area contributed by atoms with Crippen LogP contribution in [0.25, 0.3) is 0 Å². The summed E-state index contributed by atoms with van der Waals surface area (Å²) < 4.78 is 0.899. The fourth-order valence-corrected chi connectivity index (χ4v) is 0.742. The first-order chi connectivity index (χ1) is 4.83. The van der Waals surface area contributed by atoms with E-state index in [1.807, 2.05) is 6.07 Å². The highest BCUT2D eigenvalue weighted by atomic mass is 79.9. The lowest BCUT2D eigenvalue weighted by molar-refractivity contribution is 1.29. The highest BCUT2D eigenvalue weighted by Gasteiger charge is 1.89. The highest BCUT2D eigenvalue weighted by Crippen LogP contribution is 2.09. The quantitative estimate of drug-likeness (QED) is 0.552. The van der Waals surface area contributed by atoms with Crippen molar-refractivity contribution in [3.63, 3.8) is 0 Å². The number of rotatable bonds is 1. The first-order valence-corrected chi connectivity index (χ1v) is 3.39. The van der Waals surface area contributed by atoms with Crippen LogP contribution in [0.2, 0.25) is 0 Å². The summed E-state index contributed by atoms with van der Waals surface area (Å²) in [4.78, 5) is 3.89. The van der Waals surface area contributed by atoms with Crippen molar-refractivity contribution in [1.82, 2.24) is 4.98 Å². The summed E-state index contributed by atoms with van der Waals surface area (Å²) in [6.45, 7) is 0. The maximum absolute atomic E-state index is 8.18. The SMILES string of the molecule is N#CNc1ccc(Br)cn1. The number of anilines is 1. The minimum atomic E-state index is 0.561. The molecule has 0 radical (unpaired) electrons. The number of nitriles is 1. The van der Waals surface area contributed by atoms with Gasteiger partial charge in [0.15, 0.2) is 6.19 Å². The molecule has 0 aliphatic rings. The van der Waals surface area contributed by atoms with Gasteiger partial charge in [0.1, 0.15) is 5.82 Å². The molecule has 0 amide bonds. The lowest BCUT2D eigenvalue weighted by Crippen LogP contribution is -1.89. The molecular weight excluding hydrogens is 194 g/mol. The van der Waals surface area contributed by atoms with Crippen LogP contribution in [0.5, 0.6) is 0 Å². The number of nitrogens with one attached hydrogen (secondary N) is 1. The summed E-state index contributed by atoms with van der Waals surface area (Å²) >= 11 is 3.22. The van der Waals surface area contributed by atoms with Gasteiger partial charge in [0.2, 0.25) is 0 Å². The van der Waals surface area contributed by atoms with E-state index in [1.165, 1.54) is 0 Å². The lowest BCUT2D eigenvalue weighted by atomic mass is 10.5. The molecule has 1 heterocycles. The van der Waals surface area contributed by atoms with E-state index in [1.54, 1.807) is 18.5 Å².